The number of nitrogens with one attached hydrogen (secondary N) is 1. The highest BCUT2D eigenvalue weighted by atomic mass is 19.1. The number of para-hydroxylation sites is 1. The van der Waals surface area contributed by atoms with E-state index in [1.54, 1.807) is 28.9 Å². The van der Waals surface area contributed by atoms with Crippen molar-refractivity contribution in [1.29, 1.82) is 0 Å². The molecule has 116 valence electrons. The number of benzene rings is 2. The average Bonchev–Trinajstić information content (AvgIpc) is 2.97. The van der Waals surface area contributed by atoms with Crippen molar-refractivity contribution in [2.45, 2.75) is 13.5 Å². The van der Waals surface area contributed by atoms with Gasteiger partial charge in [-0.15, -0.1) is 0 Å². The smallest absolute Gasteiger partial charge is 0.270 e. The van der Waals surface area contributed by atoms with E-state index in [0.717, 1.165) is 11.4 Å². The number of hydrogen-bond acceptors (Lipinski definition) is 2. The summed E-state index contributed by atoms with van der Waals surface area (Å²) in [6.45, 7) is 1.96. The molecule has 1 N–H and O–H groups in total. The first-order chi connectivity index (χ1) is 11.1. The Kier molecular flexibility index (Phi) is 4.19. The van der Waals surface area contributed by atoms with E-state index in [0.29, 0.717) is 11.3 Å². The van der Waals surface area contributed by atoms with Crippen LogP contribution in [0.2, 0.25) is 0 Å². The first-order valence-electron chi connectivity index (χ1n) is 7.29. The summed E-state index contributed by atoms with van der Waals surface area (Å²) < 4.78 is 15.2. The van der Waals surface area contributed by atoms with E-state index in [4.69, 9.17) is 0 Å². The molecule has 0 aliphatic heterocycles. The van der Waals surface area contributed by atoms with Gasteiger partial charge in [0.2, 0.25) is 0 Å². The minimum atomic E-state index is -0.333. The third kappa shape index (κ3) is 3.29. The molecule has 0 spiro atoms. The second-order valence-electron chi connectivity index (χ2n) is 5.19. The van der Waals surface area contributed by atoms with Gasteiger partial charge in [-0.1, -0.05) is 36.4 Å². The molecule has 0 radical (unpaired) electrons. The topological polar surface area (TPSA) is 46.9 Å². The van der Waals surface area contributed by atoms with Crippen molar-refractivity contribution in [2.24, 2.45) is 0 Å². The van der Waals surface area contributed by atoms with E-state index in [9.17, 15) is 9.18 Å². The van der Waals surface area contributed by atoms with E-state index in [1.807, 2.05) is 37.3 Å². The zero-order valence-corrected chi connectivity index (χ0v) is 12.7. The third-order valence-corrected chi connectivity index (χ3v) is 3.46. The monoisotopic (exact) mass is 309 g/mol. The van der Waals surface area contributed by atoms with Crippen molar-refractivity contribution in [2.75, 3.05) is 0 Å². The molecule has 0 aliphatic carbocycles. The van der Waals surface area contributed by atoms with Crippen LogP contribution in [0.25, 0.3) is 5.69 Å². The van der Waals surface area contributed by atoms with Crippen molar-refractivity contribution in [3.05, 3.63) is 83.4 Å². The lowest BCUT2D eigenvalue weighted by atomic mass is 10.2. The second-order valence-corrected chi connectivity index (χ2v) is 5.19. The Labute approximate surface area is 133 Å². The SMILES string of the molecule is Cc1cc(C(=O)NCc2ccccc2F)n(-c2ccccc2)n1. The zero-order chi connectivity index (χ0) is 16.2. The number of carbonyl (C=O) groups is 1. The first kappa shape index (κ1) is 15.0. The van der Waals surface area contributed by atoms with Gasteiger partial charge >= 0.3 is 0 Å². The molecule has 1 heterocycles. The first-order valence-corrected chi connectivity index (χ1v) is 7.29. The van der Waals surface area contributed by atoms with Crippen LogP contribution in [0, 0.1) is 12.7 Å². The van der Waals surface area contributed by atoms with Crippen LogP contribution < -0.4 is 5.32 Å². The number of hydrogen-bond donors (Lipinski definition) is 1. The van der Waals surface area contributed by atoms with Gasteiger partial charge in [-0.3, -0.25) is 4.79 Å². The predicted octanol–water partition coefficient (Wildman–Crippen LogP) is 3.25. The van der Waals surface area contributed by atoms with Crippen LogP contribution in [0.1, 0.15) is 21.7 Å². The highest BCUT2D eigenvalue weighted by molar-refractivity contribution is 5.93. The van der Waals surface area contributed by atoms with E-state index in [-0.39, 0.29) is 18.3 Å². The Morgan fingerprint density at radius 2 is 1.83 bits per heavy atom. The summed E-state index contributed by atoms with van der Waals surface area (Å²) in [7, 11) is 0. The number of aryl methyl sites for hydroxylation is 1. The summed E-state index contributed by atoms with van der Waals surface area (Å²) in [6.07, 6.45) is 0. The van der Waals surface area contributed by atoms with Gasteiger partial charge in [0.05, 0.1) is 11.4 Å². The van der Waals surface area contributed by atoms with E-state index in [1.165, 1.54) is 6.07 Å². The minimum absolute atomic E-state index is 0.129. The van der Waals surface area contributed by atoms with Crippen LogP contribution in [-0.4, -0.2) is 15.7 Å². The average molecular weight is 309 g/mol. The Hall–Kier alpha value is -2.95. The van der Waals surface area contributed by atoms with E-state index >= 15 is 0 Å². The molecule has 3 rings (SSSR count). The molecule has 1 amide bonds. The van der Waals surface area contributed by atoms with Crippen LogP contribution in [0.5, 0.6) is 0 Å². The highest BCUT2D eigenvalue weighted by Crippen LogP contribution is 2.13. The van der Waals surface area contributed by atoms with Gasteiger partial charge in [0.15, 0.2) is 0 Å². The van der Waals surface area contributed by atoms with Crippen LogP contribution in [0.3, 0.4) is 0 Å². The molecule has 0 atom stereocenters. The maximum Gasteiger partial charge on any atom is 0.270 e. The Morgan fingerprint density at radius 1 is 1.13 bits per heavy atom. The predicted molar refractivity (Wildman–Crippen MR) is 85.9 cm³/mol. The largest absolute Gasteiger partial charge is 0.347 e. The quantitative estimate of drug-likeness (QED) is 0.804. The molecular weight excluding hydrogens is 293 g/mol. The maximum absolute atomic E-state index is 13.6. The van der Waals surface area contributed by atoms with Gasteiger partial charge in [0, 0.05) is 12.1 Å². The number of nitrogens with zero attached hydrogens (tertiary/aromatic N) is 2. The van der Waals surface area contributed by atoms with Gasteiger partial charge in [-0.2, -0.15) is 5.10 Å². The lowest BCUT2D eigenvalue weighted by molar-refractivity contribution is 0.0943. The molecule has 0 saturated heterocycles. The fraction of sp³-hybridized carbons (Fsp3) is 0.111. The van der Waals surface area contributed by atoms with Crippen LogP contribution in [0.15, 0.2) is 60.7 Å². The lowest BCUT2D eigenvalue weighted by Gasteiger charge is -2.09. The maximum atomic E-state index is 13.6. The molecule has 4 nitrogen and oxygen atoms in total. The summed E-state index contributed by atoms with van der Waals surface area (Å²) in [4.78, 5) is 12.4. The van der Waals surface area contributed by atoms with Crippen molar-refractivity contribution in [3.8, 4) is 5.69 Å². The number of halogens is 1. The number of aromatic nitrogens is 2. The Morgan fingerprint density at radius 3 is 2.57 bits per heavy atom. The summed E-state index contributed by atoms with van der Waals surface area (Å²) in [5.41, 5.74) is 2.41. The van der Waals surface area contributed by atoms with Crippen molar-refractivity contribution < 1.29 is 9.18 Å². The molecule has 0 fully saturated rings. The number of carbonyl (C=O) groups excluding carboxylic acids is 1. The third-order valence-electron chi connectivity index (χ3n) is 3.46. The van der Waals surface area contributed by atoms with E-state index < -0.39 is 0 Å². The molecule has 0 bridgehead atoms. The van der Waals surface area contributed by atoms with Crippen molar-refractivity contribution >= 4 is 5.91 Å². The highest BCUT2D eigenvalue weighted by Gasteiger charge is 2.15. The summed E-state index contributed by atoms with van der Waals surface area (Å²) in [6, 6.07) is 17.5. The summed E-state index contributed by atoms with van der Waals surface area (Å²) >= 11 is 0. The van der Waals surface area contributed by atoms with Crippen molar-refractivity contribution in [1.82, 2.24) is 15.1 Å². The van der Waals surface area contributed by atoms with Gasteiger partial charge in [0.25, 0.3) is 5.91 Å². The molecule has 5 heteroatoms. The summed E-state index contributed by atoms with van der Waals surface area (Å²) in [5, 5.41) is 7.10. The lowest BCUT2D eigenvalue weighted by Crippen LogP contribution is -2.25. The number of amides is 1. The molecule has 0 aliphatic rings. The molecule has 3 aromatic rings. The fourth-order valence-electron chi connectivity index (χ4n) is 2.34. The van der Waals surface area contributed by atoms with Crippen molar-refractivity contribution in [3.63, 3.8) is 0 Å². The fourth-order valence-corrected chi connectivity index (χ4v) is 2.34. The molecule has 2 aromatic carbocycles. The van der Waals surface area contributed by atoms with Crippen LogP contribution in [-0.2, 0) is 6.54 Å². The van der Waals surface area contributed by atoms with Gasteiger partial charge < -0.3 is 5.32 Å². The molecule has 0 saturated carbocycles. The zero-order valence-electron chi connectivity index (χ0n) is 12.7. The van der Waals surface area contributed by atoms with Crippen LogP contribution in [0.4, 0.5) is 4.39 Å². The molecular formula is C18H16FN3O. The number of rotatable bonds is 4. The van der Waals surface area contributed by atoms with Gasteiger partial charge in [0.1, 0.15) is 11.5 Å². The van der Waals surface area contributed by atoms with Gasteiger partial charge in [-0.25, -0.2) is 9.07 Å². The molecule has 0 unspecified atom stereocenters. The van der Waals surface area contributed by atoms with Crippen LogP contribution >= 0.6 is 0 Å². The summed E-state index contributed by atoms with van der Waals surface area (Å²) in [5.74, 6) is -0.627. The Bertz CT molecular complexity index is 827. The normalized spacial score (nSPS) is 10.5. The molecule has 23 heavy (non-hydrogen) atoms. The van der Waals surface area contributed by atoms with Gasteiger partial charge in [-0.05, 0) is 31.2 Å². The van der Waals surface area contributed by atoms with E-state index in [2.05, 4.69) is 10.4 Å². The Balaban J connectivity index is 1.82. The minimum Gasteiger partial charge on any atom is -0.347 e. The molecule has 1 aromatic heterocycles. The second kappa shape index (κ2) is 6.44. The standard InChI is InChI=1S/C18H16FN3O/c1-13-11-17(22(21-13)15-8-3-2-4-9-15)18(23)20-12-14-7-5-6-10-16(14)19/h2-11H,12H2,1H3,(H,20,23).